The van der Waals surface area contributed by atoms with E-state index in [1.54, 1.807) is 6.20 Å². The predicted molar refractivity (Wildman–Crippen MR) is 67.1 cm³/mol. The van der Waals surface area contributed by atoms with Gasteiger partial charge in [0.2, 0.25) is 0 Å². The van der Waals surface area contributed by atoms with Crippen LogP contribution in [-0.4, -0.2) is 24.4 Å². The molecule has 0 saturated heterocycles. The molecule has 0 bridgehead atoms. The van der Waals surface area contributed by atoms with Crippen LogP contribution in [0, 0.1) is 12.8 Å². The molecule has 0 aromatic carbocycles. The molecule has 1 aromatic rings. The molecule has 16 heavy (non-hydrogen) atoms. The predicted octanol–water partition coefficient (Wildman–Crippen LogP) is 2.68. The van der Waals surface area contributed by atoms with Crippen LogP contribution in [0.15, 0.2) is 12.3 Å². The molecule has 0 saturated carbocycles. The Kier molecular flexibility index (Phi) is 4.47. The topological polar surface area (TPSA) is 33.2 Å². The zero-order valence-corrected chi connectivity index (χ0v) is 10.5. The third kappa shape index (κ3) is 3.05. The first-order valence-corrected chi connectivity index (χ1v) is 5.75. The number of aldehydes is 1. The lowest BCUT2D eigenvalue weighted by Crippen LogP contribution is -2.28. The summed E-state index contributed by atoms with van der Waals surface area (Å²) in [7, 11) is 0. The average Bonchev–Trinajstić information content (AvgIpc) is 2.25. The maximum absolute atomic E-state index is 10.6. The third-order valence-electron chi connectivity index (χ3n) is 2.47. The summed E-state index contributed by atoms with van der Waals surface area (Å²) in [6, 6.07) is 1.89. The highest BCUT2D eigenvalue weighted by atomic mass is 16.1. The van der Waals surface area contributed by atoms with E-state index >= 15 is 0 Å². The molecule has 0 aliphatic heterocycles. The van der Waals surface area contributed by atoms with Gasteiger partial charge < -0.3 is 4.90 Å². The second-order valence-electron chi connectivity index (χ2n) is 4.46. The van der Waals surface area contributed by atoms with Gasteiger partial charge in [0.1, 0.15) is 5.82 Å². The molecule has 0 fully saturated rings. The number of carbonyl (C=O) groups is 1. The molecule has 0 radical (unpaired) electrons. The maximum atomic E-state index is 10.6. The second-order valence-corrected chi connectivity index (χ2v) is 4.46. The minimum atomic E-state index is 0.604. The monoisotopic (exact) mass is 220 g/mol. The van der Waals surface area contributed by atoms with Gasteiger partial charge in [0.25, 0.3) is 0 Å². The SMILES string of the molecule is CCN(CC(C)C)c1ncc(C=O)cc1C. The minimum absolute atomic E-state index is 0.604. The van der Waals surface area contributed by atoms with Gasteiger partial charge in [0.15, 0.2) is 6.29 Å². The van der Waals surface area contributed by atoms with Crippen LogP contribution in [0.1, 0.15) is 36.7 Å². The van der Waals surface area contributed by atoms with Crippen molar-refractivity contribution in [2.45, 2.75) is 27.7 Å². The molecular weight excluding hydrogens is 200 g/mol. The number of hydrogen-bond acceptors (Lipinski definition) is 3. The van der Waals surface area contributed by atoms with E-state index in [0.29, 0.717) is 11.5 Å². The molecule has 0 spiro atoms. The van der Waals surface area contributed by atoms with Gasteiger partial charge in [-0.3, -0.25) is 4.79 Å². The molecule has 88 valence electrons. The number of hydrogen-bond donors (Lipinski definition) is 0. The summed E-state index contributed by atoms with van der Waals surface area (Å²) in [4.78, 5) is 17.2. The standard InChI is InChI=1S/C13H20N2O/c1-5-15(8-10(2)3)13-11(4)6-12(9-16)7-14-13/h6-7,9-10H,5,8H2,1-4H3. The Balaban J connectivity index is 2.96. The lowest BCUT2D eigenvalue weighted by molar-refractivity contribution is 0.112. The molecule has 3 nitrogen and oxygen atoms in total. The van der Waals surface area contributed by atoms with Crippen molar-refractivity contribution >= 4 is 12.1 Å². The quantitative estimate of drug-likeness (QED) is 0.715. The molecule has 1 heterocycles. The van der Waals surface area contributed by atoms with E-state index in [9.17, 15) is 4.79 Å². The van der Waals surface area contributed by atoms with E-state index in [0.717, 1.165) is 30.8 Å². The number of pyridine rings is 1. The van der Waals surface area contributed by atoms with Gasteiger partial charge in [-0.2, -0.15) is 0 Å². The molecule has 0 N–H and O–H groups in total. The fourth-order valence-corrected chi connectivity index (χ4v) is 1.79. The zero-order chi connectivity index (χ0) is 12.1. The van der Waals surface area contributed by atoms with Crippen molar-refractivity contribution in [3.8, 4) is 0 Å². The number of nitrogens with zero attached hydrogens (tertiary/aromatic N) is 2. The van der Waals surface area contributed by atoms with Gasteiger partial charge in [-0.1, -0.05) is 13.8 Å². The van der Waals surface area contributed by atoms with E-state index in [1.165, 1.54) is 0 Å². The molecule has 1 rings (SSSR count). The molecule has 0 aliphatic carbocycles. The maximum Gasteiger partial charge on any atom is 0.151 e. The van der Waals surface area contributed by atoms with Crippen molar-refractivity contribution in [2.24, 2.45) is 5.92 Å². The molecule has 0 amide bonds. The van der Waals surface area contributed by atoms with E-state index in [1.807, 2.05) is 13.0 Å². The first-order chi connectivity index (χ1) is 7.58. The van der Waals surface area contributed by atoms with E-state index in [-0.39, 0.29) is 0 Å². The smallest absolute Gasteiger partial charge is 0.151 e. The molecule has 3 heteroatoms. The summed E-state index contributed by atoms with van der Waals surface area (Å²) >= 11 is 0. The van der Waals surface area contributed by atoms with Crippen molar-refractivity contribution in [3.05, 3.63) is 23.4 Å². The Labute approximate surface area is 97.5 Å². The third-order valence-corrected chi connectivity index (χ3v) is 2.47. The normalized spacial score (nSPS) is 10.6. The largest absolute Gasteiger partial charge is 0.356 e. The van der Waals surface area contributed by atoms with Crippen molar-refractivity contribution < 1.29 is 4.79 Å². The van der Waals surface area contributed by atoms with Crippen LogP contribution in [0.4, 0.5) is 5.82 Å². The van der Waals surface area contributed by atoms with Gasteiger partial charge in [0, 0.05) is 24.8 Å². The lowest BCUT2D eigenvalue weighted by atomic mass is 10.1. The van der Waals surface area contributed by atoms with Gasteiger partial charge in [0.05, 0.1) is 0 Å². The average molecular weight is 220 g/mol. The number of anilines is 1. The van der Waals surface area contributed by atoms with Crippen LogP contribution in [-0.2, 0) is 0 Å². The summed E-state index contributed by atoms with van der Waals surface area (Å²) in [6.07, 6.45) is 2.47. The van der Waals surface area contributed by atoms with Crippen LogP contribution in [0.2, 0.25) is 0 Å². The Bertz CT molecular complexity index is 361. The minimum Gasteiger partial charge on any atom is -0.356 e. The summed E-state index contributed by atoms with van der Waals surface area (Å²) in [5, 5.41) is 0. The Morgan fingerprint density at radius 1 is 1.50 bits per heavy atom. The second kappa shape index (κ2) is 5.64. The number of aryl methyl sites for hydroxylation is 1. The van der Waals surface area contributed by atoms with Crippen LogP contribution in [0.5, 0.6) is 0 Å². The van der Waals surface area contributed by atoms with E-state index < -0.39 is 0 Å². The van der Waals surface area contributed by atoms with Crippen molar-refractivity contribution in [3.63, 3.8) is 0 Å². The molecule has 0 aliphatic rings. The van der Waals surface area contributed by atoms with Crippen LogP contribution >= 0.6 is 0 Å². The van der Waals surface area contributed by atoms with Crippen LogP contribution in [0.3, 0.4) is 0 Å². The van der Waals surface area contributed by atoms with Gasteiger partial charge in [-0.05, 0) is 31.4 Å². The van der Waals surface area contributed by atoms with Gasteiger partial charge >= 0.3 is 0 Å². The first kappa shape index (κ1) is 12.7. The fraction of sp³-hybridized carbons (Fsp3) is 0.538. The molecular formula is C13H20N2O. The van der Waals surface area contributed by atoms with Crippen LogP contribution < -0.4 is 4.90 Å². The molecule has 1 aromatic heterocycles. The highest BCUT2D eigenvalue weighted by Gasteiger charge is 2.10. The van der Waals surface area contributed by atoms with Crippen LogP contribution in [0.25, 0.3) is 0 Å². The van der Waals surface area contributed by atoms with Crippen molar-refractivity contribution in [1.82, 2.24) is 4.98 Å². The van der Waals surface area contributed by atoms with E-state index in [4.69, 9.17) is 0 Å². The summed E-state index contributed by atoms with van der Waals surface area (Å²) in [6.45, 7) is 10.4. The summed E-state index contributed by atoms with van der Waals surface area (Å²) in [5.41, 5.74) is 1.70. The van der Waals surface area contributed by atoms with Crippen molar-refractivity contribution in [2.75, 3.05) is 18.0 Å². The highest BCUT2D eigenvalue weighted by Crippen LogP contribution is 2.18. The Morgan fingerprint density at radius 2 is 2.19 bits per heavy atom. The number of carbonyl (C=O) groups excluding carboxylic acids is 1. The summed E-state index contributed by atoms with van der Waals surface area (Å²) in [5.74, 6) is 1.59. The van der Waals surface area contributed by atoms with Crippen molar-refractivity contribution in [1.29, 1.82) is 0 Å². The summed E-state index contributed by atoms with van der Waals surface area (Å²) < 4.78 is 0. The number of rotatable bonds is 5. The Morgan fingerprint density at radius 3 is 2.62 bits per heavy atom. The zero-order valence-electron chi connectivity index (χ0n) is 10.5. The van der Waals surface area contributed by atoms with Gasteiger partial charge in [-0.15, -0.1) is 0 Å². The van der Waals surface area contributed by atoms with Gasteiger partial charge in [-0.25, -0.2) is 4.98 Å². The number of aromatic nitrogens is 1. The molecule has 0 atom stereocenters. The first-order valence-electron chi connectivity index (χ1n) is 5.75. The highest BCUT2D eigenvalue weighted by molar-refractivity contribution is 5.75. The fourth-order valence-electron chi connectivity index (χ4n) is 1.79. The molecule has 0 unspecified atom stereocenters. The van der Waals surface area contributed by atoms with E-state index in [2.05, 4.69) is 30.7 Å². The Hall–Kier alpha value is -1.38. The lowest BCUT2D eigenvalue weighted by Gasteiger charge is -2.25.